The van der Waals surface area contributed by atoms with Crippen LogP contribution in [-0.4, -0.2) is 40.1 Å². The lowest BCUT2D eigenvalue weighted by Gasteiger charge is -2.31. The number of methoxy groups -OCH3 is 1. The van der Waals surface area contributed by atoms with Gasteiger partial charge in [0.05, 0.1) is 33.0 Å². The van der Waals surface area contributed by atoms with Crippen molar-refractivity contribution < 1.29 is 18.6 Å². The number of ether oxygens (including phenoxy) is 3. The Kier molecular flexibility index (Phi) is 4.52. The SMILES string of the molecule is CNC(c1cc(F)ccc1OC)C1COCCO1. The van der Waals surface area contributed by atoms with E-state index in [1.807, 2.05) is 7.05 Å². The molecule has 0 saturated carbocycles. The van der Waals surface area contributed by atoms with Crippen LogP contribution >= 0.6 is 0 Å². The third kappa shape index (κ3) is 2.80. The van der Waals surface area contributed by atoms with Gasteiger partial charge in [0.15, 0.2) is 0 Å². The second kappa shape index (κ2) is 6.13. The van der Waals surface area contributed by atoms with Gasteiger partial charge in [-0.1, -0.05) is 0 Å². The molecule has 1 N–H and O–H groups in total. The molecule has 100 valence electrons. The normalized spacial score (nSPS) is 21.6. The summed E-state index contributed by atoms with van der Waals surface area (Å²) in [6.07, 6.45) is -0.139. The van der Waals surface area contributed by atoms with Gasteiger partial charge in [-0.15, -0.1) is 0 Å². The van der Waals surface area contributed by atoms with E-state index < -0.39 is 0 Å². The van der Waals surface area contributed by atoms with Crippen LogP contribution in [0.2, 0.25) is 0 Å². The molecule has 1 aliphatic heterocycles. The summed E-state index contributed by atoms with van der Waals surface area (Å²) in [4.78, 5) is 0. The molecule has 2 atom stereocenters. The zero-order valence-electron chi connectivity index (χ0n) is 10.6. The standard InChI is InChI=1S/C13H18FNO3/c1-15-13(12-8-17-5-6-18-12)10-7-9(14)3-4-11(10)16-2/h3-4,7,12-13,15H,5-6,8H2,1-2H3. The number of likely N-dealkylation sites (N-methyl/N-ethyl adjacent to an activating group) is 1. The molecule has 2 unspecified atom stereocenters. The lowest BCUT2D eigenvalue weighted by molar-refractivity contribution is -0.102. The van der Waals surface area contributed by atoms with Crippen LogP contribution in [0, 0.1) is 5.82 Å². The zero-order valence-corrected chi connectivity index (χ0v) is 10.6. The number of halogens is 1. The van der Waals surface area contributed by atoms with Crippen molar-refractivity contribution in [3.05, 3.63) is 29.6 Å². The fourth-order valence-corrected chi connectivity index (χ4v) is 2.19. The highest BCUT2D eigenvalue weighted by atomic mass is 19.1. The Labute approximate surface area is 106 Å². The fraction of sp³-hybridized carbons (Fsp3) is 0.538. The molecule has 1 fully saturated rings. The molecule has 1 saturated heterocycles. The smallest absolute Gasteiger partial charge is 0.123 e. The van der Waals surface area contributed by atoms with Crippen LogP contribution in [-0.2, 0) is 9.47 Å². The Balaban J connectivity index is 2.27. The minimum atomic E-state index is -0.289. The monoisotopic (exact) mass is 255 g/mol. The lowest BCUT2D eigenvalue weighted by atomic mass is 10.00. The van der Waals surface area contributed by atoms with E-state index in [9.17, 15) is 4.39 Å². The third-order valence-corrected chi connectivity index (χ3v) is 3.05. The van der Waals surface area contributed by atoms with E-state index in [0.29, 0.717) is 25.6 Å². The average Bonchev–Trinajstić information content (AvgIpc) is 2.41. The predicted molar refractivity (Wildman–Crippen MR) is 65.3 cm³/mol. The van der Waals surface area contributed by atoms with Crippen molar-refractivity contribution in [2.45, 2.75) is 12.1 Å². The van der Waals surface area contributed by atoms with Crippen molar-refractivity contribution >= 4 is 0 Å². The van der Waals surface area contributed by atoms with Gasteiger partial charge in [0.1, 0.15) is 17.7 Å². The summed E-state index contributed by atoms with van der Waals surface area (Å²) in [5.74, 6) is 0.354. The molecule has 0 radical (unpaired) electrons. The van der Waals surface area contributed by atoms with E-state index >= 15 is 0 Å². The summed E-state index contributed by atoms with van der Waals surface area (Å²) < 4.78 is 29.7. The Hall–Kier alpha value is -1.17. The number of nitrogens with one attached hydrogen (secondary N) is 1. The van der Waals surface area contributed by atoms with E-state index in [1.165, 1.54) is 12.1 Å². The second-order valence-electron chi connectivity index (χ2n) is 4.14. The van der Waals surface area contributed by atoms with Crippen molar-refractivity contribution in [3.63, 3.8) is 0 Å². The van der Waals surface area contributed by atoms with Gasteiger partial charge in [-0.3, -0.25) is 0 Å². The summed E-state index contributed by atoms with van der Waals surface area (Å²) in [6.45, 7) is 1.65. The summed E-state index contributed by atoms with van der Waals surface area (Å²) in [7, 11) is 3.38. The van der Waals surface area contributed by atoms with Gasteiger partial charge in [0, 0.05) is 5.56 Å². The largest absolute Gasteiger partial charge is 0.496 e. The van der Waals surface area contributed by atoms with Gasteiger partial charge >= 0.3 is 0 Å². The Morgan fingerprint density at radius 3 is 2.89 bits per heavy atom. The molecular weight excluding hydrogens is 237 g/mol. The predicted octanol–water partition coefficient (Wildman–Crippen LogP) is 1.51. The summed E-state index contributed by atoms with van der Waals surface area (Å²) in [5, 5.41) is 3.14. The van der Waals surface area contributed by atoms with Crippen molar-refractivity contribution in [1.29, 1.82) is 0 Å². The molecule has 0 spiro atoms. The van der Waals surface area contributed by atoms with Crippen LogP contribution in [0.4, 0.5) is 4.39 Å². The first-order chi connectivity index (χ1) is 8.76. The molecule has 1 aromatic rings. The van der Waals surface area contributed by atoms with Gasteiger partial charge in [0.2, 0.25) is 0 Å². The van der Waals surface area contributed by atoms with Crippen LogP contribution in [0.15, 0.2) is 18.2 Å². The molecule has 0 aliphatic carbocycles. The van der Waals surface area contributed by atoms with Crippen LogP contribution in [0.3, 0.4) is 0 Å². The first kappa shape index (κ1) is 13.3. The molecule has 18 heavy (non-hydrogen) atoms. The van der Waals surface area contributed by atoms with E-state index in [2.05, 4.69) is 5.32 Å². The van der Waals surface area contributed by atoms with Gasteiger partial charge in [-0.2, -0.15) is 0 Å². The number of hydrogen-bond acceptors (Lipinski definition) is 4. The molecule has 5 heteroatoms. The molecule has 0 amide bonds. The summed E-state index contributed by atoms with van der Waals surface area (Å²) in [5.41, 5.74) is 0.746. The topological polar surface area (TPSA) is 39.7 Å². The maximum Gasteiger partial charge on any atom is 0.123 e. The Bertz CT molecular complexity index is 394. The number of hydrogen-bond donors (Lipinski definition) is 1. The van der Waals surface area contributed by atoms with E-state index in [-0.39, 0.29) is 18.0 Å². The molecule has 2 rings (SSSR count). The van der Waals surface area contributed by atoms with Gasteiger partial charge in [0.25, 0.3) is 0 Å². The van der Waals surface area contributed by atoms with E-state index in [4.69, 9.17) is 14.2 Å². The molecule has 0 aromatic heterocycles. The van der Waals surface area contributed by atoms with E-state index in [0.717, 1.165) is 5.56 Å². The highest BCUT2D eigenvalue weighted by Crippen LogP contribution is 2.30. The van der Waals surface area contributed by atoms with Crippen LogP contribution in [0.5, 0.6) is 5.75 Å². The van der Waals surface area contributed by atoms with Crippen molar-refractivity contribution in [2.75, 3.05) is 34.0 Å². The summed E-state index contributed by atoms with van der Waals surface area (Å²) in [6, 6.07) is 4.32. The van der Waals surface area contributed by atoms with Crippen LogP contribution in [0.1, 0.15) is 11.6 Å². The molecule has 1 aliphatic rings. The first-order valence-electron chi connectivity index (χ1n) is 5.96. The Morgan fingerprint density at radius 2 is 2.28 bits per heavy atom. The van der Waals surface area contributed by atoms with E-state index in [1.54, 1.807) is 13.2 Å². The fourth-order valence-electron chi connectivity index (χ4n) is 2.19. The highest BCUT2D eigenvalue weighted by Gasteiger charge is 2.27. The molecule has 1 heterocycles. The third-order valence-electron chi connectivity index (χ3n) is 3.05. The van der Waals surface area contributed by atoms with Crippen LogP contribution < -0.4 is 10.1 Å². The van der Waals surface area contributed by atoms with Gasteiger partial charge in [-0.05, 0) is 25.2 Å². The lowest BCUT2D eigenvalue weighted by Crippen LogP contribution is -2.39. The maximum atomic E-state index is 13.4. The minimum absolute atomic E-state index is 0.139. The summed E-state index contributed by atoms with van der Waals surface area (Å²) >= 11 is 0. The molecular formula is C13H18FNO3. The molecule has 0 bridgehead atoms. The first-order valence-corrected chi connectivity index (χ1v) is 5.96. The second-order valence-corrected chi connectivity index (χ2v) is 4.14. The highest BCUT2D eigenvalue weighted by molar-refractivity contribution is 5.37. The van der Waals surface area contributed by atoms with Gasteiger partial charge in [-0.25, -0.2) is 4.39 Å². The minimum Gasteiger partial charge on any atom is -0.496 e. The zero-order chi connectivity index (χ0) is 13.0. The number of benzene rings is 1. The molecule has 4 nitrogen and oxygen atoms in total. The van der Waals surface area contributed by atoms with Crippen molar-refractivity contribution in [2.24, 2.45) is 0 Å². The van der Waals surface area contributed by atoms with Crippen molar-refractivity contribution in [3.8, 4) is 5.75 Å². The quantitative estimate of drug-likeness (QED) is 0.885. The number of rotatable bonds is 4. The van der Waals surface area contributed by atoms with Gasteiger partial charge < -0.3 is 19.5 Å². The molecule has 1 aromatic carbocycles. The maximum absolute atomic E-state index is 13.4. The van der Waals surface area contributed by atoms with Crippen molar-refractivity contribution in [1.82, 2.24) is 5.32 Å². The van der Waals surface area contributed by atoms with Crippen LogP contribution in [0.25, 0.3) is 0 Å². The Morgan fingerprint density at radius 1 is 1.44 bits per heavy atom. The average molecular weight is 255 g/mol.